The van der Waals surface area contributed by atoms with E-state index in [0.29, 0.717) is 5.92 Å². The van der Waals surface area contributed by atoms with Gasteiger partial charge in [0, 0.05) is 11.5 Å². The van der Waals surface area contributed by atoms with Gasteiger partial charge in [0.15, 0.2) is 6.29 Å². The van der Waals surface area contributed by atoms with Crippen LogP contribution in [0.15, 0.2) is 24.3 Å². The summed E-state index contributed by atoms with van der Waals surface area (Å²) in [4.78, 5) is 0. The van der Waals surface area contributed by atoms with Crippen LogP contribution < -0.4 is 0 Å². The van der Waals surface area contributed by atoms with E-state index in [-0.39, 0.29) is 6.29 Å². The second-order valence-electron chi connectivity index (χ2n) is 8.29. The zero-order chi connectivity index (χ0) is 18.1. The summed E-state index contributed by atoms with van der Waals surface area (Å²) in [7, 11) is 0. The maximum absolute atomic E-state index is 5.74. The molecule has 0 unspecified atom stereocenters. The van der Waals surface area contributed by atoms with Crippen molar-refractivity contribution >= 4 is 0 Å². The number of hydrogen-bond donors (Lipinski definition) is 0. The van der Waals surface area contributed by atoms with Crippen LogP contribution in [-0.4, -0.2) is 13.2 Å². The smallest absolute Gasteiger partial charge is 0.183 e. The molecule has 2 heteroatoms. The molecular weight excluding hydrogens is 308 g/mol. The van der Waals surface area contributed by atoms with Gasteiger partial charge in [-0.25, -0.2) is 0 Å². The lowest BCUT2D eigenvalue weighted by Gasteiger charge is -2.28. The molecular formula is C23H38O2. The van der Waals surface area contributed by atoms with Crippen molar-refractivity contribution in [3.8, 4) is 0 Å². The van der Waals surface area contributed by atoms with E-state index >= 15 is 0 Å². The molecule has 1 saturated heterocycles. The molecule has 1 aliphatic heterocycles. The molecule has 1 saturated carbocycles. The van der Waals surface area contributed by atoms with Crippen LogP contribution in [0.2, 0.25) is 0 Å². The number of benzene rings is 1. The molecule has 0 atom stereocenters. The Morgan fingerprint density at radius 2 is 1.48 bits per heavy atom. The third kappa shape index (κ3) is 7.11. The zero-order valence-electron chi connectivity index (χ0n) is 16.8. The molecule has 25 heavy (non-hydrogen) atoms. The standard InChI is InChI=1S/C17H24O2.C6H14/c1-13-11-18-17(19-12-13)16-9-7-15(8-10-16)14-5-3-2-4-6-14;1-4-5-6(2)3/h7-10,13-14,17H,2-6,11-12H2,1H3;6H,4-5H2,1-3H3. The predicted octanol–water partition coefficient (Wildman–Crippen LogP) is 6.86. The van der Waals surface area contributed by atoms with Gasteiger partial charge in [0.2, 0.25) is 0 Å². The molecule has 1 heterocycles. The first kappa shape index (κ1) is 20.5. The van der Waals surface area contributed by atoms with E-state index in [4.69, 9.17) is 9.47 Å². The van der Waals surface area contributed by atoms with Crippen molar-refractivity contribution in [3.63, 3.8) is 0 Å². The second kappa shape index (κ2) is 11.0. The second-order valence-corrected chi connectivity index (χ2v) is 8.29. The van der Waals surface area contributed by atoms with Crippen LogP contribution in [-0.2, 0) is 9.47 Å². The van der Waals surface area contributed by atoms with Crippen molar-refractivity contribution < 1.29 is 9.47 Å². The third-order valence-electron chi connectivity index (χ3n) is 5.22. The van der Waals surface area contributed by atoms with Gasteiger partial charge in [0.1, 0.15) is 0 Å². The Hall–Kier alpha value is -0.860. The fraction of sp³-hybridized carbons (Fsp3) is 0.739. The summed E-state index contributed by atoms with van der Waals surface area (Å²) in [5.41, 5.74) is 2.65. The average molecular weight is 347 g/mol. The van der Waals surface area contributed by atoms with Gasteiger partial charge < -0.3 is 9.47 Å². The lowest BCUT2D eigenvalue weighted by Crippen LogP contribution is -2.25. The van der Waals surface area contributed by atoms with Gasteiger partial charge in [-0.05, 0) is 30.2 Å². The average Bonchev–Trinajstić information content (AvgIpc) is 2.64. The van der Waals surface area contributed by atoms with Gasteiger partial charge in [-0.2, -0.15) is 0 Å². The van der Waals surface area contributed by atoms with E-state index in [1.165, 1.54) is 50.5 Å². The Morgan fingerprint density at radius 1 is 0.920 bits per heavy atom. The lowest BCUT2D eigenvalue weighted by molar-refractivity contribution is -0.202. The van der Waals surface area contributed by atoms with Gasteiger partial charge in [-0.15, -0.1) is 0 Å². The molecule has 3 rings (SSSR count). The van der Waals surface area contributed by atoms with Crippen LogP contribution in [0.4, 0.5) is 0 Å². The monoisotopic (exact) mass is 346 g/mol. The summed E-state index contributed by atoms with van der Waals surface area (Å²) in [5, 5.41) is 0. The molecule has 0 aromatic heterocycles. The van der Waals surface area contributed by atoms with E-state index < -0.39 is 0 Å². The minimum atomic E-state index is -0.156. The molecule has 2 aliphatic rings. The Morgan fingerprint density at radius 3 is 1.96 bits per heavy atom. The Kier molecular flexibility index (Phi) is 8.98. The summed E-state index contributed by atoms with van der Waals surface area (Å²) in [5.74, 6) is 2.18. The summed E-state index contributed by atoms with van der Waals surface area (Å²) in [6.45, 7) is 10.5. The van der Waals surface area contributed by atoms with Crippen LogP contribution in [0.3, 0.4) is 0 Å². The van der Waals surface area contributed by atoms with Crippen LogP contribution in [0.5, 0.6) is 0 Å². The number of rotatable bonds is 4. The first-order valence-electron chi connectivity index (χ1n) is 10.4. The molecule has 1 aliphatic carbocycles. The largest absolute Gasteiger partial charge is 0.348 e. The van der Waals surface area contributed by atoms with Gasteiger partial charge in [-0.3, -0.25) is 0 Å². The van der Waals surface area contributed by atoms with Crippen molar-refractivity contribution in [2.45, 2.75) is 84.8 Å². The Bertz CT molecular complexity index is 451. The zero-order valence-corrected chi connectivity index (χ0v) is 16.8. The highest BCUT2D eigenvalue weighted by atomic mass is 16.7. The molecule has 1 aromatic rings. The predicted molar refractivity (Wildman–Crippen MR) is 106 cm³/mol. The van der Waals surface area contributed by atoms with Crippen LogP contribution in [0.25, 0.3) is 0 Å². The first-order chi connectivity index (χ1) is 12.1. The molecule has 0 N–H and O–H groups in total. The first-order valence-corrected chi connectivity index (χ1v) is 10.4. The van der Waals surface area contributed by atoms with Gasteiger partial charge in [-0.1, -0.05) is 84.1 Å². The maximum Gasteiger partial charge on any atom is 0.183 e. The summed E-state index contributed by atoms with van der Waals surface area (Å²) in [6, 6.07) is 8.92. The fourth-order valence-corrected chi connectivity index (χ4v) is 3.73. The van der Waals surface area contributed by atoms with Crippen LogP contribution in [0, 0.1) is 11.8 Å². The van der Waals surface area contributed by atoms with E-state index in [9.17, 15) is 0 Å². The van der Waals surface area contributed by atoms with Crippen molar-refractivity contribution in [3.05, 3.63) is 35.4 Å². The number of ether oxygens (including phenoxy) is 2. The SMILES string of the molecule is CC1COC(c2ccc(C3CCCCC3)cc2)OC1.CCCC(C)C. The minimum absolute atomic E-state index is 0.156. The summed E-state index contributed by atoms with van der Waals surface area (Å²) in [6.07, 6.45) is 9.45. The summed E-state index contributed by atoms with van der Waals surface area (Å²) >= 11 is 0. The molecule has 0 bridgehead atoms. The minimum Gasteiger partial charge on any atom is -0.348 e. The fourth-order valence-electron chi connectivity index (χ4n) is 3.73. The molecule has 0 radical (unpaired) electrons. The molecule has 2 nitrogen and oxygen atoms in total. The molecule has 0 amide bonds. The number of hydrogen-bond acceptors (Lipinski definition) is 2. The maximum atomic E-state index is 5.74. The van der Waals surface area contributed by atoms with E-state index in [1.54, 1.807) is 0 Å². The Balaban J connectivity index is 0.000000326. The Labute approximate surface area is 155 Å². The molecule has 0 spiro atoms. The van der Waals surface area contributed by atoms with Gasteiger partial charge >= 0.3 is 0 Å². The van der Waals surface area contributed by atoms with Gasteiger partial charge in [0.05, 0.1) is 13.2 Å². The van der Waals surface area contributed by atoms with Gasteiger partial charge in [0.25, 0.3) is 0 Å². The van der Waals surface area contributed by atoms with E-state index in [2.05, 4.69) is 52.0 Å². The highest BCUT2D eigenvalue weighted by Gasteiger charge is 2.21. The third-order valence-corrected chi connectivity index (χ3v) is 5.22. The van der Waals surface area contributed by atoms with Crippen molar-refractivity contribution in [1.29, 1.82) is 0 Å². The highest BCUT2D eigenvalue weighted by Crippen LogP contribution is 2.33. The van der Waals surface area contributed by atoms with Crippen molar-refractivity contribution in [1.82, 2.24) is 0 Å². The van der Waals surface area contributed by atoms with Crippen LogP contribution in [0.1, 0.15) is 96.0 Å². The highest BCUT2D eigenvalue weighted by molar-refractivity contribution is 5.26. The normalized spacial score (nSPS) is 24.7. The van der Waals surface area contributed by atoms with Crippen molar-refractivity contribution in [2.75, 3.05) is 13.2 Å². The van der Waals surface area contributed by atoms with Crippen LogP contribution >= 0.6 is 0 Å². The lowest BCUT2D eigenvalue weighted by atomic mass is 9.84. The van der Waals surface area contributed by atoms with E-state index in [0.717, 1.165) is 30.6 Å². The quantitative estimate of drug-likeness (QED) is 0.593. The van der Waals surface area contributed by atoms with Crippen molar-refractivity contribution in [2.24, 2.45) is 11.8 Å². The summed E-state index contributed by atoms with van der Waals surface area (Å²) < 4.78 is 11.5. The molecule has 142 valence electrons. The molecule has 2 fully saturated rings. The topological polar surface area (TPSA) is 18.5 Å². The van der Waals surface area contributed by atoms with E-state index in [1.807, 2.05) is 0 Å². The molecule has 1 aromatic carbocycles.